The number of nitrogens with one attached hydrogen (secondary N) is 1. The molecule has 1 heterocycles. The van der Waals surface area contributed by atoms with E-state index in [1.165, 1.54) is 51.4 Å². The van der Waals surface area contributed by atoms with E-state index < -0.39 is 54.7 Å². The molecule has 0 aliphatic carbocycles. The number of benzene rings is 3. The van der Waals surface area contributed by atoms with Crippen molar-refractivity contribution < 1.29 is 38.7 Å². The summed E-state index contributed by atoms with van der Waals surface area (Å²) in [6, 6.07) is 28.6. The summed E-state index contributed by atoms with van der Waals surface area (Å²) in [5.74, 6) is 59.7. The topological polar surface area (TPSA) is 116 Å². The van der Waals surface area contributed by atoms with Crippen molar-refractivity contribution >= 4 is 5.91 Å². The molecule has 0 radical (unpaired) electrons. The first-order valence-corrected chi connectivity index (χ1v) is 27.7. The van der Waals surface area contributed by atoms with E-state index in [-0.39, 0.29) is 13.2 Å². The molecule has 9 heteroatoms. The Morgan fingerprint density at radius 3 is 1.36 bits per heavy atom. The fraction of sp³-hybridized carbons (Fsp3) is 0.403. The monoisotopic (exact) mass is 1080 g/mol. The predicted octanol–water partition coefficient (Wildman–Crippen LogP) is 9.11. The van der Waals surface area contributed by atoms with Crippen LogP contribution >= 0.6 is 0 Å². The zero-order chi connectivity index (χ0) is 57.5. The van der Waals surface area contributed by atoms with Crippen LogP contribution in [0, 0.1) is 148 Å². The van der Waals surface area contributed by atoms with Gasteiger partial charge in [0.1, 0.15) is 18.3 Å². The van der Waals surface area contributed by atoms with Crippen molar-refractivity contribution in [2.75, 3.05) is 13.2 Å². The van der Waals surface area contributed by atoms with Crippen molar-refractivity contribution in [3.05, 3.63) is 108 Å². The average Bonchev–Trinajstić information content (AvgIpc) is 3.50. The summed E-state index contributed by atoms with van der Waals surface area (Å²) in [7, 11) is 0. The van der Waals surface area contributed by atoms with E-state index in [0.29, 0.717) is 32.7 Å². The third-order valence-corrected chi connectivity index (χ3v) is 12.4. The van der Waals surface area contributed by atoms with Crippen LogP contribution in [0.3, 0.4) is 0 Å². The number of hydrogen-bond donors (Lipinski definition) is 3. The number of unbranched alkanes of at least 4 members (excludes halogenated alkanes) is 11. The van der Waals surface area contributed by atoms with Crippen molar-refractivity contribution in [1.82, 2.24) is 5.32 Å². The lowest BCUT2D eigenvalue weighted by atomic mass is 9.91. The molecule has 1 saturated heterocycles. The molecule has 3 aromatic carbocycles. The van der Waals surface area contributed by atoms with Gasteiger partial charge in [0.05, 0.1) is 51.3 Å². The van der Waals surface area contributed by atoms with Crippen LogP contribution in [0.5, 0.6) is 0 Å². The molecule has 1 amide bonds. The van der Waals surface area contributed by atoms with Crippen LogP contribution in [-0.4, -0.2) is 72.2 Å². The van der Waals surface area contributed by atoms with Crippen molar-refractivity contribution in [2.24, 2.45) is 5.92 Å². The SMILES string of the molecule is CC#CC#CC#CC#CC#CC#CC#CC#CC#CC#CC#CC#CC(=O)N[C@@H](CO[C@H]1OC(COCc2ccccc2)[C@@H](OCc2ccccc2)C(OCc2ccccc2)[C@H]1C)[C@H](O)[C@H](O)CCCCCCCCCCCCCC. The van der Waals surface area contributed by atoms with Crippen molar-refractivity contribution in [3.8, 4) is 142 Å². The van der Waals surface area contributed by atoms with Gasteiger partial charge in [-0.05, 0) is 125 Å². The van der Waals surface area contributed by atoms with Gasteiger partial charge >= 0.3 is 0 Å². The van der Waals surface area contributed by atoms with Gasteiger partial charge in [-0.2, -0.15) is 0 Å². The molecule has 0 bridgehead atoms. The van der Waals surface area contributed by atoms with Crippen LogP contribution in [0.4, 0.5) is 0 Å². The number of amides is 1. The molecule has 9 nitrogen and oxygen atoms in total. The second-order valence-electron chi connectivity index (χ2n) is 18.7. The van der Waals surface area contributed by atoms with Crippen LogP contribution in [-0.2, 0) is 48.3 Å². The number of carbonyl (C=O) groups excluding carboxylic acids is 1. The van der Waals surface area contributed by atoms with E-state index >= 15 is 0 Å². The van der Waals surface area contributed by atoms with Crippen molar-refractivity contribution in [2.45, 2.75) is 167 Å². The van der Waals surface area contributed by atoms with Crippen LogP contribution in [0.15, 0.2) is 91.0 Å². The Labute approximate surface area is 483 Å². The summed E-state index contributed by atoms with van der Waals surface area (Å²) < 4.78 is 33.0. The van der Waals surface area contributed by atoms with Gasteiger partial charge in [-0.15, -0.1) is 0 Å². The van der Waals surface area contributed by atoms with Gasteiger partial charge in [0.15, 0.2) is 6.29 Å². The number of carbonyl (C=O) groups is 1. The Balaban J connectivity index is 1.45. The number of ether oxygens (including phenoxy) is 5. The normalized spacial score (nSPS) is 16.1. The lowest BCUT2D eigenvalue weighted by Crippen LogP contribution is -2.58. The molecule has 412 valence electrons. The second kappa shape index (κ2) is 43.5. The average molecular weight is 1080 g/mol. The molecule has 4 rings (SSSR count). The largest absolute Gasteiger partial charge is 0.390 e. The molecule has 2 unspecified atom stereocenters. The first kappa shape index (κ1) is 65.1. The highest BCUT2D eigenvalue weighted by Gasteiger charge is 2.46. The van der Waals surface area contributed by atoms with Crippen LogP contribution in [0.2, 0.25) is 0 Å². The number of aliphatic hydroxyl groups is 2. The Kier molecular flexibility index (Phi) is 34.9. The summed E-state index contributed by atoms with van der Waals surface area (Å²) in [5.41, 5.74) is 2.97. The fourth-order valence-corrected chi connectivity index (χ4v) is 8.25. The lowest BCUT2D eigenvalue weighted by molar-refractivity contribution is -0.304. The highest BCUT2D eigenvalue weighted by atomic mass is 16.7. The number of aliphatic hydroxyl groups excluding tert-OH is 2. The van der Waals surface area contributed by atoms with Crippen LogP contribution < -0.4 is 5.32 Å². The minimum Gasteiger partial charge on any atom is -0.390 e. The molecule has 0 saturated carbocycles. The predicted molar refractivity (Wildman–Crippen MR) is 319 cm³/mol. The summed E-state index contributed by atoms with van der Waals surface area (Å²) in [6.07, 6.45) is 9.13. The maximum absolute atomic E-state index is 13.4. The summed E-state index contributed by atoms with van der Waals surface area (Å²) in [5, 5.41) is 25.9. The molecule has 8 atom stereocenters. The van der Waals surface area contributed by atoms with Gasteiger partial charge in [0.25, 0.3) is 5.91 Å². The van der Waals surface area contributed by atoms with Gasteiger partial charge in [-0.25, -0.2) is 0 Å². The molecular formula is C72H71NO8. The first-order valence-electron chi connectivity index (χ1n) is 27.7. The van der Waals surface area contributed by atoms with Gasteiger partial charge in [0.2, 0.25) is 0 Å². The summed E-state index contributed by atoms with van der Waals surface area (Å²) in [6.45, 7) is 6.76. The second-order valence-corrected chi connectivity index (χ2v) is 18.7. The van der Waals surface area contributed by atoms with Gasteiger partial charge in [-0.3, -0.25) is 4.79 Å². The summed E-state index contributed by atoms with van der Waals surface area (Å²) >= 11 is 0. The Hall–Kier alpha value is -8.43. The third kappa shape index (κ3) is 29.9. The van der Waals surface area contributed by atoms with E-state index in [1.54, 1.807) is 6.92 Å². The maximum atomic E-state index is 13.4. The molecule has 3 aromatic rings. The fourth-order valence-electron chi connectivity index (χ4n) is 8.25. The molecule has 81 heavy (non-hydrogen) atoms. The minimum atomic E-state index is -1.40. The van der Waals surface area contributed by atoms with Crippen molar-refractivity contribution in [3.63, 3.8) is 0 Å². The Bertz CT molecular complexity index is 3180. The molecule has 1 fully saturated rings. The highest BCUT2D eigenvalue weighted by Crippen LogP contribution is 2.33. The Morgan fingerprint density at radius 1 is 0.519 bits per heavy atom. The standard InChI is InChI=1S/C72H71NO8/c1-4-6-8-10-12-14-16-18-19-20-21-22-23-24-25-26-27-28-30-32-34-36-47-55-68(75)73-65(69(76)66(74)54-46-35-33-31-29-17-15-13-11-9-7-5-2)59-80-72-61(3)70(78-57-63-50-42-38-43-51-63)71(79-58-64-52-44-39-45-53-64)67(81-72)60-77-56-62-48-40-37-41-49-62/h37-45,48-53,61,65-67,69-72,74,76H,5,7,9,11,13,15,17,29,31,33,35,46,54,56-60H2,1-3H3,(H,73,75)/t61-,65+,66-,67?,69+,70?,71-,72+/m1/s1. The van der Waals surface area contributed by atoms with Gasteiger partial charge in [-0.1, -0.05) is 188 Å². The molecule has 0 aromatic heterocycles. The van der Waals surface area contributed by atoms with Crippen molar-refractivity contribution in [1.29, 1.82) is 0 Å². The van der Waals surface area contributed by atoms with E-state index in [4.69, 9.17) is 23.7 Å². The summed E-state index contributed by atoms with van der Waals surface area (Å²) in [4.78, 5) is 13.4. The van der Waals surface area contributed by atoms with E-state index in [9.17, 15) is 15.0 Å². The smallest absolute Gasteiger partial charge is 0.297 e. The molecule has 3 N–H and O–H groups in total. The quantitative estimate of drug-likeness (QED) is 0.0466. The Morgan fingerprint density at radius 2 is 0.914 bits per heavy atom. The van der Waals surface area contributed by atoms with Crippen LogP contribution in [0.25, 0.3) is 0 Å². The molecule has 1 aliphatic rings. The zero-order valence-electron chi connectivity index (χ0n) is 46.9. The molecular weight excluding hydrogens is 1010 g/mol. The zero-order valence-corrected chi connectivity index (χ0v) is 46.9. The molecule has 1 aliphatic heterocycles. The van der Waals surface area contributed by atoms with E-state index in [2.05, 4.69) is 154 Å². The van der Waals surface area contributed by atoms with Gasteiger partial charge in [0, 0.05) is 47.4 Å². The van der Waals surface area contributed by atoms with E-state index in [0.717, 1.165) is 36.0 Å². The number of hydrogen-bond acceptors (Lipinski definition) is 8. The van der Waals surface area contributed by atoms with Gasteiger partial charge < -0.3 is 39.2 Å². The lowest BCUT2D eigenvalue weighted by Gasteiger charge is -2.45. The molecule has 0 spiro atoms. The maximum Gasteiger partial charge on any atom is 0.297 e. The minimum absolute atomic E-state index is 0.153. The van der Waals surface area contributed by atoms with E-state index in [1.807, 2.05) is 97.9 Å². The highest BCUT2D eigenvalue weighted by molar-refractivity contribution is 5.94. The van der Waals surface area contributed by atoms with Crippen LogP contribution in [0.1, 0.15) is 121 Å². The number of rotatable bonds is 29. The first-order chi connectivity index (χ1) is 39.9. The third-order valence-electron chi connectivity index (χ3n) is 12.4.